The number of rotatable bonds is 1. The van der Waals surface area contributed by atoms with E-state index in [4.69, 9.17) is 0 Å². The van der Waals surface area contributed by atoms with Crippen LogP contribution in [0.15, 0.2) is 36.2 Å². The second kappa shape index (κ2) is 3.35. The number of aliphatic hydroxyl groups excluding tert-OH is 1. The van der Waals surface area contributed by atoms with Gasteiger partial charge < -0.3 is 5.11 Å². The first-order valence-electron chi connectivity index (χ1n) is 5.34. The molecular formula is C12H11N3O2. The largest absolute Gasteiger partial charge is 0.510 e. The molecule has 1 amide bonds. The number of fused-ring (bicyclic) bond motifs is 1. The van der Waals surface area contributed by atoms with E-state index in [9.17, 15) is 9.90 Å². The molecule has 0 radical (unpaired) electrons. The molecule has 0 bridgehead atoms. The highest BCUT2D eigenvalue weighted by molar-refractivity contribution is 6.06. The van der Waals surface area contributed by atoms with Crippen LogP contribution in [0.4, 0.5) is 5.69 Å². The van der Waals surface area contributed by atoms with Gasteiger partial charge in [-0.1, -0.05) is 0 Å². The van der Waals surface area contributed by atoms with Gasteiger partial charge in [-0.05, 0) is 25.1 Å². The summed E-state index contributed by atoms with van der Waals surface area (Å²) in [6, 6.07) is 5.27. The smallest absolute Gasteiger partial charge is 0.255 e. The Labute approximate surface area is 97.4 Å². The van der Waals surface area contributed by atoms with Crippen LogP contribution in [0.2, 0.25) is 0 Å². The highest BCUT2D eigenvalue weighted by Gasteiger charge is 2.30. The first kappa shape index (κ1) is 9.89. The number of H-pyrrole nitrogens is 1. The van der Waals surface area contributed by atoms with Crippen molar-refractivity contribution >= 4 is 22.5 Å². The molecule has 1 aliphatic rings. The maximum atomic E-state index is 11.7. The summed E-state index contributed by atoms with van der Waals surface area (Å²) < 4.78 is 0. The van der Waals surface area contributed by atoms with Crippen LogP contribution in [0.3, 0.4) is 0 Å². The predicted octanol–water partition coefficient (Wildman–Crippen LogP) is 1.74. The molecule has 5 nitrogen and oxygen atoms in total. The molecule has 0 spiro atoms. The van der Waals surface area contributed by atoms with Gasteiger partial charge in [0.1, 0.15) is 5.76 Å². The molecule has 86 valence electrons. The Morgan fingerprint density at radius 3 is 3.00 bits per heavy atom. The number of nitrogens with one attached hydrogen (secondary N) is 1. The fourth-order valence-electron chi connectivity index (χ4n) is 2.07. The van der Waals surface area contributed by atoms with Gasteiger partial charge in [-0.25, -0.2) is 0 Å². The molecule has 2 N–H and O–H groups in total. The lowest BCUT2D eigenvalue weighted by Gasteiger charge is -2.22. The van der Waals surface area contributed by atoms with Crippen molar-refractivity contribution in [2.24, 2.45) is 0 Å². The van der Waals surface area contributed by atoms with Gasteiger partial charge in [0.2, 0.25) is 0 Å². The van der Waals surface area contributed by atoms with E-state index in [0.29, 0.717) is 0 Å². The standard InChI is InChI=1S/C12H11N3O2/c1-7-11(16)5-12(17)15(7)9-3-2-8-6-13-14-10(8)4-9/h2-7,16H,1H3,(H,13,14). The number of carbonyl (C=O) groups excluding carboxylic acids is 1. The Morgan fingerprint density at radius 2 is 2.29 bits per heavy atom. The average Bonchev–Trinajstić information content (AvgIpc) is 2.84. The highest BCUT2D eigenvalue weighted by atomic mass is 16.3. The monoisotopic (exact) mass is 229 g/mol. The summed E-state index contributed by atoms with van der Waals surface area (Å²) in [6.45, 7) is 1.79. The van der Waals surface area contributed by atoms with Crippen LogP contribution >= 0.6 is 0 Å². The molecule has 0 fully saturated rings. The third-order valence-electron chi connectivity index (χ3n) is 3.03. The molecule has 1 aliphatic heterocycles. The molecule has 3 rings (SSSR count). The number of aliphatic hydroxyl groups is 1. The summed E-state index contributed by atoms with van der Waals surface area (Å²) in [5.74, 6) is -0.103. The van der Waals surface area contributed by atoms with Crippen LogP contribution in [-0.2, 0) is 4.79 Å². The van der Waals surface area contributed by atoms with Crippen molar-refractivity contribution in [3.05, 3.63) is 36.2 Å². The van der Waals surface area contributed by atoms with E-state index in [1.165, 1.54) is 6.08 Å². The third kappa shape index (κ3) is 1.39. The van der Waals surface area contributed by atoms with Crippen LogP contribution in [-0.4, -0.2) is 27.3 Å². The summed E-state index contributed by atoms with van der Waals surface area (Å²) in [4.78, 5) is 13.3. The van der Waals surface area contributed by atoms with Crippen LogP contribution in [0.5, 0.6) is 0 Å². The van der Waals surface area contributed by atoms with Crippen molar-refractivity contribution in [3.8, 4) is 0 Å². The van der Waals surface area contributed by atoms with Gasteiger partial charge in [0.05, 0.1) is 17.8 Å². The lowest BCUT2D eigenvalue weighted by Crippen LogP contribution is -2.32. The number of nitrogens with zero attached hydrogens (tertiary/aromatic N) is 2. The Kier molecular flexibility index (Phi) is 1.95. The molecule has 5 heteroatoms. The maximum Gasteiger partial charge on any atom is 0.255 e. The minimum Gasteiger partial charge on any atom is -0.510 e. The summed E-state index contributed by atoms with van der Waals surface area (Å²) in [6.07, 6.45) is 2.98. The molecule has 0 aliphatic carbocycles. The Balaban J connectivity index is 2.07. The summed E-state index contributed by atoms with van der Waals surface area (Å²) in [5, 5.41) is 17.3. The zero-order valence-electron chi connectivity index (χ0n) is 9.21. The number of amides is 1. The van der Waals surface area contributed by atoms with Crippen molar-refractivity contribution in [1.29, 1.82) is 0 Å². The summed E-state index contributed by atoms with van der Waals surface area (Å²) >= 11 is 0. The van der Waals surface area contributed by atoms with E-state index in [1.54, 1.807) is 18.0 Å². The van der Waals surface area contributed by atoms with Crippen molar-refractivity contribution in [1.82, 2.24) is 10.2 Å². The normalized spacial score (nSPS) is 20.1. The molecule has 0 saturated heterocycles. The number of anilines is 1. The maximum absolute atomic E-state index is 11.7. The first-order chi connectivity index (χ1) is 8.16. The van der Waals surface area contributed by atoms with Crippen LogP contribution in [0.25, 0.3) is 10.9 Å². The first-order valence-corrected chi connectivity index (χ1v) is 5.34. The van der Waals surface area contributed by atoms with E-state index in [0.717, 1.165) is 16.6 Å². The number of hydrogen-bond acceptors (Lipinski definition) is 3. The lowest BCUT2D eigenvalue weighted by atomic mass is 10.2. The average molecular weight is 229 g/mol. The van der Waals surface area contributed by atoms with Crippen molar-refractivity contribution in [2.45, 2.75) is 13.0 Å². The number of aromatic nitrogens is 2. The minimum atomic E-state index is -0.317. The van der Waals surface area contributed by atoms with Gasteiger partial charge in [-0.3, -0.25) is 14.8 Å². The topological polar surface area (TPSA) is 69.2 Å². The van der Waals surface area contributed by atoms with E-state index < -0.39 is 0 Å². The predicted molar refractivity (Wildman–Crippen MR) is 63.8 cm³/mol. The van der Waals surface area contributed by atoms with Gasteiger partial charge in [0.25, 0.3) is 5.91 Å². The van der Waals surface area contributed by atoms with Gasteiger partial charge >= 0.3 is 0 Å². The van der Waals surface area contributed by atoms with Gasteiger partial charge in [-0.2, -0.15) is 5.10 Å². The fourth-order valence-corrected chi connectivity index (χ4v) is 2.07. The Hall–Kier alpha value is -2.30. The Morgan fingerprint density at radius 1 is 1.47 bits per heavy atom. The SMILES string of the molecule is CC1C(O)=CC(=O)N1c1ccc2cn[nH]c2c1. The van der Waals surface area contributed by atoms with Gasteiger partial charge in [0.15, 0.2) is 0 Å². The van der Waals surface area contributed by atoms with Crippen LogP contribution in [0.1, 0.15) is 6.92 Å². The molecule has 17 heavy (non-hydrogen) atoms. The van der Waals surface area contributed by atoms with E-state index in [1.807, 2.05) is 18.2 Å². The molecular weight excluding hydrogens is 218 g/mol. The fraction of sp³-hybridized carbons (Fsp3) is 0.167. The summed E-state index contributed by atoms with van der Waals surface area (Å²) in [5.41, 5.74) is 1.62. The van der Waals surface area contributed by atoms with Crippen molar-refractivity contribution < 1.29 is 9.90 Å². The van der Waals surface area contributed by atoms with E-state index >= 15 is 0 Å². The van der Waals surface area contributed by atoms with E-state index in [-0.39, 0.29) is 17.7 Å². The molecule has 0 saturated carbocycles. The van der Waals surface area contributed by atoms with Crippen molar-refractivity contribution in [3.63, 3.8) is 0 Å². The molecule has 2 aromatic rings. The van der Waals surface area contributed by atoms with Gasteiger partial charge in [0, 0.05) is 17.1 Å². The number of aromatic amines is 1. The quantitative estimate of drug-likeness (QED) is 0.782. The van der Waals surface area contributed by atoms with E-state index in [2.05, 4.69) is 10.2 Å². The number of hydrogen-bond donors (Lipinski definition) is 2. The van der Waals surface area contributed by atoms with Crippen LogP contribution in [0, 0.1) is 0 Å². The number of carbonyl (C=O) groups is 1. The molecule has 1 atom stereocenters. The van der Waals surface area contributed by atoms with Crippen LogP contribution < -0.4 is 4.90 Å². The third-order valence-corrected chi connectivity index (χ3v) is 3.03. The molecule has 1 unspecified atom stereocenters. The molecule has 1 aromatic heterocycles. The molecule has 2 heterocycles. The minimum absolute atomic E-state index is 0.0970. The Bertz CT molecular complexity index is 629. The second-order valence-corrected chi connectivity index (χ2v) is 4.09. The summed E-state index contributed by atoms with van der Waals surface area (Å²) in [7, 11) is 0. The highest BCUT2D eigenvalue weighted by Crippen LogP contribution is 2.27. The number of benzene rings is 1. The molecule has 1 aromatic carbocycles. The zero-order valence-corrected chi connectivity index (χ0v) is 9.21. The second-order valence-electron chi connectivity index (χ2n) is 4.09. The lowest BCUT2D eigenvalue weighted by molar-refractivity contribution is -0.113. The zero-order chi connectivity index (χ0) is 12.0. The van der Waals surface area contributed by atoms with Crippen molar-refractivity contribution in [2.75, 3.05) is 4.90 Å². The van der Waals surface area contributed by atoms with Gasteiger partial charge in [-0.15, -0.1) is 0 Å².